The van der Waals surface area contributed by atoms with Gasteiger partial charge in [0.1, 0.15) is 16.7 Å². The minimum atomic E-state index is -0.563. The van der Waals surface area contributed by atoms with Crippen molar-refractivity contribution in [2.24, 2.45) is 5.10 Å². The molecule has 1 aliphatic rings. The molecule has 3 aromatic rings. The van der Waals surface area contributed by atoms with E-state index in [4.69, 9.17) is 9.47 Å². The molecule has 0 unspecified atom stereocenters. The highest BCUT2D eigenvalue weighted by atomic mass is 32.2. The van der Waals surface area contributed by atoms with E-state index in [9.17, 15) is 14.4 Å². The van der Waals surface area contributed by atoms with Crippen LogP contribution in [-0.2, 0) is 20.9 Å². The lowest BCUT2D eigenvalue weighted by molar-refractivity contribution is -0.157. The van der Waals surface area contributed by atoms with Crippen molar-refractivity contribution in [3.05, 3.63) is 101 Å². The standard InChI is InChI=1S/C30H31N3O5S/c1-30(2,3)38-27(35)19-37-25-15-9-21(10-16-25)17-31-32-28(36)23-11-13-24(14-12-23)29-33(26(34)20-39-29)18-22-7-5-4-6-8-22/h4-17,29H,18-20H2,1-3H3,(H,32,36)/b31-17-/t29-/m1/s1. The number of esters is 1. The van der Waals surface area contributed by atoms with Crippen LogP contribution < -0.4 is 10.2 Å². The molecular formula is C30H31N3O5S. The summed E-state index contributed by atoms with van der Waals surface area (Å²) in [5, 5.41) is 3.94. The van der Waals surface area contributed by atoms with E-state index in [1.165, 1.54) is 6.21 Å². The molecule has 0 bridgehead atoms. The van der Waals surface area contributed by atoms with Gasteiger partial charge in [0, 0.05) is 12.1 Å². The first kappa shape index (κ1) is 27.9. The molecule has 2 amide bonds. The zero-order valence-corrected chi connectivity index (χ0v) is 22.9. The number of thioether (sulfide) groups is 1. The van der Waals surface area contributed by atoms with Crippen LogP contribution in [0.3, 0.4) is 0 Å². The molecule has 1 atom stereocenters. The van der Waals surface area contributed by atoms with Gasteiger partial charge >= 0.3 is 5.97 Å². The summed E-state index contributed by atoms with van der Waals surface area (Å²) in [6.45, 7) is 5.76. The Morgan fingerprint density at radius 2 is 1.72 bits per heavy atom. The number of hydrazone groups is 1. The minimum Gasteiger partial charge on any atom is -0.482 e. The third-order valence-corrected chi connectivity index (χ3v) is 6.91. The maximum atomic E-state index is 12.6. The van der Waals surface area contributed by atoms with Gasteiger partial charge < -0.3 is 14.4 Å². The molecule has 1 fully saturated rings. The molecule has 3 aromatic carbocycles. The highest BCUT2D eigenvalue weighted by Crippen LogP contribution is 2.39. The lowest BCUT2D eigenvalue weighted by Gasteiger charge is -2.24. The van der Waals surface area contributed by atoms with Crippen LogP contribution in [0, 0.1) is 0 Å². The summed E-state index contributed by atoms with van der Waals surface area (Å²) in [7, 11) is 0. The van der Waals surface area contributed by atoms with E-state index in [0.717, 1.165) is 16.7 Å². The second-order valence-electron chi connectivity index (χ2n) is 9.94. The van der Waals surface area contributed by atoms with Crippen LogP contribution >= 0.6 is 11.8 Å². The van der Waals surface area contributed by atoms with E-state index in [-0.39, 0.29) is 23.8 Å². The minimum absolute atomic E-state index is 0.0936. The van der Waals surface area contributed by atoms with Gasteiger partial charge in [-0.2, -0.15) is 5.10 Å². The van der Waals surface area contributed by atoms with Crippen molar-refractivity contribution >= 4 is 35.8 Å². The average molecular weight is 546 g/mol. The van der Waals surface area contributed by atoms with Crippen LogP contribution in [0.25, 0.3) is 0 Å². The van der Waals surface area contributed by atoms with Crippen LogP contribution in [0.2, 0.25) is 0 Å². The van der Waals surface area contributed by atoms with E-state index < -0.39 is 11.6 Å². The van der Waals surface area contributed by atoms with Crippen LogP contribution in [0.1, 0.15) is 53.2 Å². The van der Waals surface area contributed by atoms with Gasteiger partial charge in [0.05, 0.1) is 12.0 Å². The van der Waals surface area contributed by atoms with E-state index in [1.807, 2.05) is 47.4 Å². The Kier molecular flexibility index (Phi) is 9.03. The summed E-state index contributed by atoms with van der Waals surface area (Å²) in [6, 6.07) is 24.1. The molecule has 1 saturated heterocycles. The summed E-state index contributed by atoms with van der Waals surface area (Å²) in [5.74, 6) is 0.278. The Balaban J connectivity index is 1.28. The quantitative estimate of drug-likeness (QED) is 0.232. The van der Waals surface area contributed by atoms with E-state index >= 15 is 0 Å². The molecule has 0 spiro atoms. The lowest BCUT2D eigenvalue weighted by Crippen LogP contribution is -2.27. The lowest BCUT2D eigenvalue weighted by atomic mass is 10.1. The first-order valence-corrected chi connectivity index (χ1v) is 13.6. The van der Waals surface area contributed by atoms with Crippen molar-refractivity contribution < 1.29 is 23.9 Å². The zero-order valence-electron chi connectivity index (χ0n) is 22.1. The monoisotopic (exact) mass is 545 g/mol. The van der Waals surface area contributed by atoms with Gasteiger partial charge in [-0.25, -0.2) is 10.2 Å². The third kappa shape index (κ3) is 8.19. The average Bonchev–Trinajstić information content (AvgIpc) is 3.27. The van der Waals surface area contributed by atoms with Crippen molar-refractivity contribution in [3.63, 3.8) is 0 Å². The molecule has 8 nitrogen and oxygen atoms in total. The Morgan fingerprint density at radius 3 is 2.38 bits per heavy atom. The largest absolute Gasteiger partial charge is 0.482 e. The molecule has 4 rings (SSSR count). The number of rotatable bonds is 9. The summed E-state index contributed by atoms with van der Waals surface area (Å²) < 4.78 is 10.7. The fraction of sp³-hybridized carbons (Fsp3) is 0.267. The number of ether oxygens (including phenoxy) is 2. The number of carbonyl (C=O) groups excluding carboxylic acids is 3. The van der Waals surface area contributed by atoms with Crippen LogP contribution in [-0.4, -0.2) is 46.9 Å². The molecule has 0 radical (unpaired) electrons. The first-order chi connectivity index (χ1) is 18.7. The maximum absolute atomic E-state index is 12.6. The molecule has 0 aromatic heterocycles. The molecule has 1 aliphatic heterocycles. The van der Waals surface area contributed by atoms with E-state index in [2.05, 4.69) is 10.5 Å². The molecule has 0 saturated carbocycles. The van der Waals surface area contributed by atoms with Gasteiger partial charge in [0.2, 0.25) is 5.91 Å². The molecule has 39 heavy (non-hydrogen) atoms. The molecule has 1 heterocycles. The van der Waals surface area contributed by atoms with Crippen molar-refractivity contribution in [3.8, 4) is 5.75 Å². The fourth-order valence-electron chi connectivity index (χ4n) is 3.87. The Morgan fingerprint density at radius 1 is 1.03 bits per heavy atom. The number of nitrogens with zero attached hydrogens (tertiary/aromatic N) is 2. The second kappa shape index (κ2) is 12.6. The zero-order chi connectivity index (χ0) is 27.8. The second-order valence-corrected chi connectivity index (χ2v) is 11.0. The van der Waals surface area contributed by atoms with Crippen molar-refractivity contribution in [1.29, 1.82) is 0 Å². The van der Waals surface area contributed by atoms with Crippen molar-refractivity contribution in [2.45, 2.75) is 38.3 Å². The van der Waals surface area contributed by atoms with E-state index in [0.29, 0.717) is 23.6 Å². The van der Waals surface area contributed by atoms with Gasteiger partial charge in [0.25, 0.3) is 5.91 Å². The van der Waals surface area contributed by atoms with Gasteiger partial charge in [-0.15, -0.1) is 11.8 Å². The molecular weight excluding hydrogens is 514 g/mol. The number of hydrogen-bond acceptors (Lipinski definition) is 7. The Labute approximate surface area is 232 Å². The van der Waals surface area contributed by atoms with Gasteiger partial charge in [0.15, 0.2) is 6.61 Å². The predicted molar refractivity (Wildman–Crippen MR) is 151 cm³/mol. The van der Waals surface area contributed by atoms with Crippen LogP contribution in [0.4, 0.5) is 0 Å². The van der Waals surface area contributed by atoms with Crippen molar-refractivity contribution in [2.75, 3.05) is 12.4 Å². The summed E-state index contributed by atoms with van der Waals surface area (Å²) in [4.78, 5) is 38.7. The van der Waals surface area contributed by atoms with Gasteiger partial charge in [-0.1, -0.05) is 42.5 Å². The smallest absolute Gasteiger partial charge is 0.344 e. The summed E-state index contributed by atoms with van der Waals surface area (Å²) >= 11 is 1.58. The number of hydrogen-bond donors (Lipinski definition) is 1. The predicted octanol–water partition coefficient (Wildman–Crippen LogP) is 4.95. The number of amides is 2. The van der Waals surface area contributed by atoms with Crippen LogP contribution in [0.15, 0.2) is 84.0 Å². The van der Waals surface area contributed by atoms with Crippen molar-refractivity contribution in [1.82, 2.24) is 10.3 Å². The molecule has 1 N–H and O–H groups in total. The van der Waals surface area contributed by atoms with Gasteiger partial charge in [-0.05, 0) is 73.9 Å². The van der Waals surface area contributed by atoms with Gasteiger partial charge in [-0.3, -0.25) is 9.59 Å². The van der Waals surface area contributed by atoms with Crippen LogP contribution in [0.5, 0.6) is 5.75 Å². The summed E-state index contributed by atoms with van der Waals surface area (Å²) in [6.07, 6.45) is 1.52. The summed E-state index contributed by atoms with van der Waals surface area (Å²) in [5.41, 5.74) is 5.22. The highest BCUT2D eigenvalue weighted by Gasteiger charge is 2.32. The maximum Gasteiger partial charge on any atom is 0.344 e. The SMILES string of the molecule is CC(C)(C)OC(=O)COc1ccc(/C=N\NC(=O)c2ccc([C@H]3SCC(=O)N3Cc3ccccc3)cc2)cc1. The normalized spacial score (nSPS) is 15.4. The van der Waals surface area contributed by atoms with E-state index in [1.54, 1.807) is 68.9 Å². The fourth-order valence-corrected chi connectivity index (χ4v) is 5.06. The Hall–Kier alpha value is -4.11. The first-order valence-electron chi connectivity index (χ1n) is 12.5. The third-order valence-electron chi connectivity index (χ3n) is 5.66. The highest BCUT2D eigenvalue weighted by molar-refractivity contribution is 8.00. The molecule has 9 heteroatoms. The Bertz CT molecular complexity index is 1320. The topological polar surface area (TPSA) is 97.3 Å². The number of nitrogens with one attached hydrogen (secondary N) is 1. The molecule has 202 valence electrons. The molecule has 0 aliphatic carbocycles. The number of benzene rings is 3. The number of carbonyl (C=O) groups is 3.